The fourth-order valence-electron chi connectivity index (χ4n) is 2.11. The molecule has 1 unspecified atom stereocenters. The van der Waals surface area contributed by atoms with Gasteiger partial charge in [0.05, 0.1) is 30.8 Å². The summed E-state index contributed by atoms with van der Waals surface area (Å²) in [7, 11) is 0. The standard InChI is InChI=1S/C12H19N3O2/c1-2-17-11-4-3-5-15(8-11)12-7-13-10(9-16)6-14-12/h6-7,11,16H,2-5,8-9H2,1H3. The number of anilines is 1. The van der Waals surface area contributed by atoms with E-state index >= 15 is 0 Å². The minimum absolute atomic E-state index is 0.0607. The van der Waals surface area contributed by atoms with Crippen molar-refractivity contribution in [2.24, 2.45) is 0 Å². The molecule has 5 nitrogen and oxygen atoms in total. The largest absolute Gasteiger partial charge is 0.390 e. The lowest BCUT2D eigenvalue weighted by Crippen LogP contribution is -2.40. The average Bonchev–Trinajstić information content (AvgIpc) is 2.40. The summed E-state index contributed by atoms with van der Waals surface area (Å²) in [4.78, 5) is 10.7. The van der Waals surface area contributed by atoms with Crippen molar-refractivity contribution in [3.63, 3.8) is 0 Å². The topological polar surface area (TPSA) is 58.5 Å². The van der Waals surface area contributed by atoms with Gasteiger partial charge in [-0.2, -0.15) is 0 Å². The van der Waals surface area contributed by atoms with Gasteiger partial charge in [0.25, 0.3) is 0 Å². The lowest BCUT2D eigenvalue weighted by molar-refractivity contribution is 0.0525. The van der Waals surface area contributed by atoms with Crippen LogP contribution in [0.2, 0.25) is 0 Å². The average molecular weight is 237 g/mol. The molecule has 17 heavy (non-hydrogen) atoms. The molecular weight excluding hydrogens is 218 g/mol. The van der Waals surface area contributed by atoms with Crippen molar-refractivity contribution in [3.8, 4) is 0 Å². The maximum absolute atomic E-state index is 8.91. The third-order valence-electron chi connectivity index (χ3n) is 2.96. The fourth-order valence-corrected chi connectivity index (χ4v) is 2.11. The molecule has 0 bridgehead atoms. The van der Waals surface area contributed by atoms with Crippen LogP contribution in [0.25, 0.3) is 0 Å². The van der Waals surface area contributed by atoms with E-state index in [1.165, 1.54) is 0 Å². The number of aliphatic hydroxyl groups excluding tert-OH is 1. The SMILES string of the molecule is CCOC1CCCN(c2cnc(CO)cn2)C1. The van der Waals surface area contributed by atoms with Crippen molar-refractivity contribution in [2.45, 2.75) is 32.5 Å². The molecule has 0 saturated carbocycles. The molecule has 1 aliphatic rings. The van der Waals surface area contributed by atoms with Gasteiger partial charge in [-0.05, 0) is 19.8 Å². The van der Waals surface area contributed by atoms with Crippen molar-refractivity contribution in [1.82, 2.24) is 9.97 Å². The molecule has 0 spiro atoms. The Kier molecular flexibility index (Phi) is 4.28. The molecule has 5 heteroatoms. The van der Waals surface area contributed by atoms with E-state index < -0.39 is 0 Å². The number of piperidine rings is 1. The Labute approximate surface area is 101 Å². The van der Waals surface area contributed by atoms with Gasteiger partial charge in [0.1, 0.15) is 5.82 Å². The maximum Gasteiger partial charge on any atom is 0.147 e. The molecule has 2 rings (SSSR count). The van der Waals surface area contributed by atoms with Crippen LogP contribution in [0.4, 0.5) is 5.82 Å². The second-order valence-corrected chi connectivity index (χ2v) is 4.19. The molecule has 1 N–H and O–H groups in total. The molecule has 0 amide bonds. The molecule has 0 aromatic carbocycles. The molecule has 1 aromatic rings. The number of hydrogen-bond acceptors (Lipinski definition) is 5. The molecular formula is C12H19N3O2. The van der Waals surface area contributed by atoms with Gasteiger partial charge in [0, 0.05) is 19.7 Å². The van der Waals surface area contributed by atoms with E-state index in [0.29, 0.717) is 11.8 Å². The van der Waals surface area contributed by atoms with Crippen LogP contribution >= 0.6 is 0 Å². The Morgan fingerprint density at radius 1 is 1.47 bits per heavy atom. The van der Waals surface area contributed by atoms with Crippen molar-refractivity contribution >= 4 is 5.82 Å². The predicted octanol–water partition coefficient (Wildman–Crippen LogP) is 0.974. The fraction of sp³-hybridized carbons (Fsp3) is 0.667. The van der Waals surface area contributed by atoms with Crippen molar-refractivity contribution < 1.29 is 9.84 Å². The molecule has 1 fully saturated rings. The summed E-state index contributed by atoms with van der Waals surface area (Å²) < 4.78 is 5.65. The maximum atomic E-state index is 8.91. The monoisotopic (exact) mass is 237 g/mol. The number of nitrogens with zero attached hydrogens (tertiary/aromatic N) is 3. The number of rotatable bonds is 4. The number of hydrogen-bond donors (Lipinski definition) is 1. The second-order valence-electron chi connectivity index (χ2n) is 4.19. The van der Waals surface area contributed by atoms with Gasteiger partial charge in [-0.25, -0.2) is 4.98 Å². The van der Waals surface area contributed by atoms with Crippen LogP contribution in [0.3, 0.4) is 0 Å². The highest BCUT2D eigenvalue weighted by atomic mass is 16.5. The van der Waals surface area contributed by atoms with E-state index in [-0.39, 0.29) is 6.61 Å². The van der Waals surface area contributed by atoms with E-state index in [2.05, 4.69) is 14.9 Å². The zero-order valence-corrected chi connectivity index (χ0v) is 10.2. The summed E-state index contributed by atoms with van der Waals surface area (Å²) in [5.41, 5.74) is 0.604. The summed E-state index contributed by atoms with van der Waals surface area (Å²) in [5.74, 6) is 0.867. The highest BCUT2D eigenvalue weighted by Crippen LogP contribution is 2.18. The summed E-state index contributed by atoms with van der Waals surface area (Å²) in [5, 5.41) is 8.91. The van der Waals surface area contributed by atoms with Crippen molar-refractivity contribution in [2.75, 3.05) is 24.6 Å². The Morgan fingerprint density at radius 3 is 3.00 bits per heavy atom. The molecule has 1 aliphatic heterocycles. The molecule has 1 aromatic heterocycles. The number of ether oxygens (including phenoxy) is 1. The van der Waals surface area contributed by atoms with Crippen molar-refractivity contribution in [1.29, 1.82) is 0 Å². The van der Waals surface area contributed by atoms with Gasteiger partial charge in [-0.3, -0.25) is 4.98 Å². The van der Waals surface area contributed by atoms with E-state index in [0.717, 1.165) is 38.4 Å². The highest BCUT2D eigenvalue weighted by molar-refractivity contribution is 5.36. The summed E-state index contributed by atoms with van der Waals surface area (Å²) in [6, 6.07) is 0. The second kappa shape index (κ2) is 5.93. The summed E-state index contributed by atoms with van der Waals surface area (Å²) in [6.07, 6.45) is 5.88. The molecule has 0 aliphatic carbocycles. The van der Waals surface area contributed by atoms with Gasteiger partial charge in [0.15, 0.2) is 0 Å². The van der Waals surface area contributed by atoms with Crippen LogP contribution in [-0.4, -0.2) is 40.9 Å². The van der Waals surface area contributed by atoms with E-state index in [1.54, 1.807) is 12.4 Å². The molecule has 2 heterocycles. The third kappa shape index (κ3) is 3.14. The quantitative estimate of drug-likeness (QED) is 0.845. The normalized spacial score (nSPS) is 20.6. The Morgan fingerprint density at radius 2 is 2.35 bits per heavy atom. The van der Waals surface area contributed by atoms with Crippen LogP contribution in [0, 0.1) is 0 Å². The zero-order valence-electron chi connectivity index (χ0n) is 10.2. The first-order valence-electron chi connectivity index (χ1n) is 6.11. The molecule has 0 radical (unpaired) electrons. The van der Waals surface area contributed by atoms with Gasteiger partial charge in [-0.1, -0.05) is 0 Å². The first kappa shape index (κ1) is 12.3. The van der Waals surface area contributed by atoms with Crippen LogP contribution < -0.4 is 4.90 Å². The van der Waals surface area contributed by atoms with E-state index in [9.17, 15) is 0 Å². The molecule has 94 valence electrons. The predicted molar refractivity (Wildman–Crippen MR) is 64.8 cm³/mol. The van der Waals surface area contributed by atoms with Gasteiger partial charge in [-0.15, -0.1) is 0 Å². The first-order valence-corrected chi connectivity index (χ1v) is 6.11. The van der Waals surface area contributed by atoms with E-state index in [4.69, 9.17) is 9.84 Å². The summed E-state index contributed by atoms with van der Waals surface area (Å²) >= 11 is 0. The van der Waals surface area contributed by atoms with Crippen LogP contribution in [0.5, 0.6) is 0 Å². The van der Waals surface area contributed by atoms with Gasteiger partial charge >= 0.3 is 0 Å². The van der Waals surface area contributed by atoms with Gasteiger partial charge in [0.2, 0.25) is 0 Å². The zero-order chi connectivity index (χ0) is 12.1. The van der Waals surface area contributed by atoms with Crippen molar-refractivity contribution in [3.05, 3.63) is 18.1 Å². The van der Waals surface area contributed by atoms with Crippen LogP contribution in [-0.2, 0) is 11.3 Å². The summed E-state index contributed by atoms with van der Waals surface area (Å²) in [6.45, 7) is 4.59. The smallest absolute Gasteiger partial charge is 0.147 e. The number of aromatic nitrogens is 2. The first-order chi connectivity index (χ1) is 8.33. The van der Waals surface area contributed by atoms with E-state index in [1.807, 2.05) is 6.92 Å². The Balaban J connectivity index is 2.00. The highest BCUT2D eigenvalue weighted by Gasteiger charge is 2.21. The number of aliphatic hydroxyl groups is 1. The third-order valence-corrected chi connectivity index (χ3v) is 2.96. The lowest BCUT2D eigenvalue weighted by Gasteiger charge is -2.33. The Bertz CT molecular complexity index is 340. The van der Waals surface area contributed by atoms with Gasteiger partial charge < -0.3 is 14.7 Å². The minimum Gasteiger partial charge on any atom is -0.390 e. The minimum atomic E-state index is -0.0607. The molecule has 1 saturated heterocycles. The van der Waals surface area contributed by atoms with Crippen LogP contribution in [0.15, 0.2) is 12.4 Å². The molecule has 1 atom stereocenters. The lowest BCUT2D eigenvalue weighted by atomic mass is 10.1. The Hall–Kier alpha value is -1.20. The van der Waals surface area contributed by atoms with Crippen LogP contribution in [0.1, 0.15) is 25.5 Å².